The van der Waals surface area contributed by atoms with Crippen molar-refractivity contribution in [2.75, 3.05) is 11.9 Å². The van der Waals surface area contributed by atoms with Crippen molar-refractivity contribution >= 4 is 40.8 Å². The summed E-state index contributed by atoms with van der Waals surface area (Å²) in [5.41, 5.74) is 4.26. The van der Waals surface area contributed by atoms with Gasteiger partial charge in [-0.3, -0.25) is 4.79 Å². The number of amides is 3. The number of urea groups is 1. The first-order valence-corrected chi connectivity index (χ1v) is 7.14. The van der Waals surface area contributed by atoms with E-state index < -0.39 is 35.0 Å². The Labute approximate surface area is 137 Å². The molecule has 0 radical (unpaired) electrons. The normalized spacial score (nSPS) is 15.0. The molecule has 1 aromatic rings. The molecule has 0 aliphatic rings. The molecule has 0 bridgehead atoms. The van der Waals surface area contributed by atoms with Crippen LogP contribution in [0.25, 0.3) is 0 Å². The van der Waals surface area contributed by atoms with E-state index >= 15 is 0 Å². The standard InChI is InChI=1S/C13H17Cl2N3O4/c1-13(22,9(6-19)18-11(20)10(14)15)7-2-4-8(5-3-7)17-12(16)21/h2-5,9-10,19,22H,6H2,1H3,(H,18,20)(H3,16,17,21)/t9-,13-/m1/s1. The van der Waals surface area contributed by atoms with Gasteiger partial charge in [-0.1, -0.05) is 35.3 Å². The molecule has 0 saturated heterocycles. The van der Waals surface area contributed by atoms with Gasteiger partial charge in [-0.05, 0) is 24.6 Å². The predicted molar refractivity (Wildman–Crippen MR) is 83.7 cm³/mol. The molecule has 9 heteroatoms. The minimum atomic E-state index is -1.58. The second-order valence-corrected chi connectivity index (χ2v) is 5.85. The third-order valence-electron chi connectivity index (χ3n) is 3.11. The number of nitrogens with one attached hydrogen (secondary N) is 2. The van der Waals surface area contributed by atoms with Gasteiger partial charge in [0, 0.05) is 5.69 Å². The van der Waals surface area contributed by atoms with Crippen molar-refractivity contribution in [3.8, 4) is 0 Å². The summed E-state index contributed by atoms with van der Waals surface area (Å²) in [6.07, 6.45) is 0. The van der Waals surface area contributed by atoms with E-state index in [1.165, 1.54) is 31.2 Å². The molecule has 3 amide bonds. The Morgan fingerprint density at radius 1 is 1.32 bits per heavy atom. The minimum Gasteiger partial charge on any atom is -0.394 e. The van der Waals surface area contributed by atoms with Crippen LogP contribution in [-0.2, 0) is 10.4 Å². The number of carbonyl (C=O) groups excluding carboxylic acids is 2. The molecule has 7 nitrogen and oxygen atoms in total. The molecule has 0 fully saturated rings. The molecule has 0 spiro atoms. The highest BCUT2D eigenvalue weighted by atomic mass is 35.5. The lowest BCUT2D eigenvalue weighted by atomic mass is 9.88. The lowest BCUT2D eigenvalue weighted by Gasteiger charge is -2.33. The molecule has 1 aromatic carbocycles. The summed E-state index contributed by atoms with van der Waals surface area (Å²) in [7, 11) is 0. The van der Waals surface area contributed by atoms with Crippen LogP contribution in [0.2, 0.25) is 0 Å². The summed E-state index contributed by atoms with van der Waals surface area (Å²) in [4.78, 5) is 20.9. The number of halogens is 2. The topological polar surface area (TPSA) is 125 Å². The van der Waals surface area contributed by atoms with Crippen molar-refractivity contribution in [1.82, 2.24) is 5.32 Å². The molecule has 1 rings (SSSR count). The molecule has 0 unspecified atom stereocenters. The van der Waals surface area contributed by atoms with Gasteiger partial charge in [-0.25, -0.2) is 4.79 Å². The lowest BCUT2D eigenvalue weighted by Crippen LogP contribution is -2.52. The average Bonchev–Trinajstić information content (AvgIpc) is 2.43. The third kappa shape index (κ3) is 4.74. The van der Waals surface area contributed by atoms with Gasteiger partial charge in [0.15, 0.2) is 4.84 Å². The Morgan fingerprint density at radius 2 is 1.86 bits per heavy atom. The van der Waals surface area contributed by atoms with Crippen LogP contribution in [0.1, 0.15) is 12.5 Å². The molecule has 122 valence electrons. The van der Waals surface area contributed by atoms with Gasteiger partial charge in [0.25, 0.3) is 5.91 Å². The number of carbonyl (C=O) groups is 2. The first-order chi connectivity index (χ1) is 10.2. The summed E-state index contributed by atoms with van der Waals surface area (Å²) in [5.74, 6) is -0.727. The van der Waals surface area contributed by atoms with Crippen LogP contribution < -0.4 is 16.4 Å². The molecule has 0 aromatic heterocycles. The third-order valence-corrected chi connectivity index (χ3v) is 3.51. The zero-order chi connectivity index (χ0) is 16.9. The van der Waals surface area contributed by atoms with E-state index in [2.05, 4.69) is 10.6 Å². The minimum absolute atomic E-state index is 0.405. The van der Waals surface area contributed by atoms with E-state index in [9.17, 15) is 19.8 Å². The molecule has 6 N–H and O–H groups in total. The Bertz CT molecular complexity index is 535. The second-order valence-electron chi connectivity index (χ2n) is 4.76. The highest BCUT2D eigenvalue weighted by Crippen LogP contribution is 2.26. The summed E-state index contributed by atoms with van der Waals surface area (Å²) >= 11 is 10.9. The van der Waals surface area contributed by atoms with Crippen molar-refractivity contribution < 1.29 is 19.8 Å². The molecular formula is C13H17Cl2N3O4. The van der Waals surface area contributed by atoms with Crippen LogP contribution in [-0.4, -0.2) is 39.6 Å². The molecule has 0 aliphatic heterocycles. The number of anilines is 1. The summed E-state index contributed by atoms with van der Waals surface area (Å²) in [6, 6.07) is 4.37. The zero-order valence-electron chi connectivity index (χ0n) is 11.7. The zero-order valence-corrected chi connectivity index (χ0v) is 13.2. The number of hydrogen-bond acceptors (Lipinski definition) is 4. The van der Waals surface area contributed by atoms with Gasteiger partial charge in [0.2, 0.25) is 0 Å². The van der Waals surface area contributed by atoms with Gasteiger partial charge in [0.1, 0.15) is 5.60 Å². The monoisotopic (exact) mass is 349 g/mol. The van der Waals surface area contributed by atoms with Crippen LogP contribution in [0, 0.1) is 0 Å². The van der Waals surface area contributed by atoms with Crippen LogP contribution in [0.5, 0.6) is 0 Å². The van der Waals surface area contributed by atoms with E-state index in [-0.39, 0.29) is 0 Å². The Balaban J connectivity index is 2.94. The molecule has 0 saturated carbocycles. The SMILES string of the molecule is C[C@@](O)(c1ccc(NC(N)=O)cc1)[C@@H](CO)NC(=O)C(Cl)Cl. The summed E-state index contributed by atoms with van der Waals surface area (Å²) in [5, 5.41) is 24.7. The fourth-order valence-corrected chi connectivity index (χ4v) is 1.96. The fourth-order valence-electron chi connectivity index (χ4n) is 1.83. The Kier molecular flexibility index (Phi) is 6.43. The number of rotatable bonds is 6. The largest absolute Gasteiger partial charge is 0.394 e. The maximum absolute atomic E-state index is 11.5. The van der Waals surface area contributed by atoms with Gasteiger partial charge in [-0.2, -0.15) is 0 Å². The molecule has 22 heavy (non-hydrogen) atoms. The Hall–Kier alpha value is -1.54. The number of hydrogen-bond donors (Lipinski definition) is 5. The number of benzene rings is 1. The van der Waals surface area contributed by atoms with Crippen molar-refractivity contribution in [1.29, 1.82) is 0 Å². The van der Waals surface area contributed by atoms with Crippen molar-refractivity contribution in [2.45, 2.75) is 23.4 Å². The van der Waals surface area contributed by atoms with E-state index in [1.807, 2.05) is 0 Å². The number of aliphatic hydroxyl groups excluding tert-OH is 1. The van der Waals surface area contributed by atoms with Gasteiger partial charge < -0.3 is 26.6 Å². The van der Waals surface area contributed by atoms with E-state index in [0.717, 1.165) is 0 Å². The van der Waals surface area contributed by atoms with E-state index in [4.69, 9.17) is 28.9 Å². The lowest BCUT2D eigenvalue weighted by molar-refractivity contribution is -0.123. The second kappa shape index (κ2) is 7.64. The Morgan fingerprint density at radius 3 is 2.27 bits per heavy atom. The van der Waals surface area contributed by atoms with Crippen LogP contribution in [0.4, 0.5) is 10.5 Å². The van der Waals surface area contributed by atoms with Gasteiger partial charge in [-0.15, -0.1) is 0 Å². The van der Waals surface area contributed by atoms with Crippen molar-refractivity contribution in [3.63, 3.8) is 0 Å². The highest BCUT2D eigenvalue weighted by molar-refractivity contribution is 6.53. The van der Waals surface area contributed by atoms with Gasteiger partial charge in [0.05, 0.1) is 12.6 Å². The van der Waals surface area contributed by atoms with E-state index in [1.54, 1.807) is 0 Å². The van der Waals surface area contributed by atoms with Crippen molar-refractivity contribution in [3.05, 3.63) is 29.8 Å². The summed E-state index contributed by atoms with van der Waals surface area (Å²) in [6.45, 7) is 0.892. The maximum Gasteiger partial charge on any atom is 0.316 e. The van der Waals surface area contributed by atoms with Gasteiger partial charge >= 0.3 is 6.03 Å². The number of primary amides is 1. The van der Waals surface area contributed by atoms with Crippen LogP contribution >= 0.6 is 23.2 Å². The molecule has 0 aliphatic carbocycles. The van der Waals surface area contributed by atoms with E-state index in [0.29, 0.717) is 11.3 Å². The molecular weight excluding hydrogens is 333 g/mol. The molecule has 0 heterocycles. The van der Waals surface area contributed by atoms with Crippen LogP contribution in [0.15, 0.2) is 24.3 Å². The number of aliphatic hydroxyl groups is 2. The smallest absolute Gasteiger partial charge is 0.316 e. The maximum atomic E-state index is 11.5. The van der Waals surface area contributed by atoms with Crippen LogP contribution in [0.3, 0.4) is 0 Å². The number of nitrogens with two attached hydrogens (primary N) is 1. The first-order valence-electron chi connectivity index (χ1n) is 6.27. The predicted octanol–water partition coefficient (Wildman–Crippen LogP) is 0.666. The highest BCUT2D eigenvalue weighted by Gasteiger charge is 2.35. The number of alkyl halides is 2. The fraction of sp³-hybridized carbons (Fsp3) is 0.385. The molecule has 2 atom stereocenters. The quantitative estimate of drug-likeness (QED) is 0.484. The van der Waals surface area contributed by atoms with Crippen molar-refractivity contribution in [2.24, 2.45) is 5.73 Å². The first kappa shape index (κ1) is 18.5. The average molecular weight is 350 g/mol. The summed E-state index contributed by atoms with van der Waals surface area (Å²) < 4.78 is 0.